The molecule has 106 valence electrons. The minimum atomic E-state index is -0.416. The number of nitrogens with zero attached hydrogens (tertiary/aromatic N) is 2. The van der Waals surface area contributed by atoms with Crippen LogP contribution in [-0.4, -0.2) is 41.2 Å². The number of nitro groups is 1. The van der Waals surface area contributed by atoms with E-state index in [9.17, 15) is 15.2 Å². The molecule has 1 aromatic carbocycles. The van der Waals surface area contributed by atoms with Gasteiger partial charge in [-0.15, -0.1) is 0 Å². The number of hydrogen-bond acceptors (Lipinski definition) is 5. The van der Waals surface area contributed by atoms with Gasteiger partial charge in [-0.05, 0) is 32.5 Å². The monoisotopic (exact) mass is 267 g/mol. The molecule has 19 heavy (non-hydrogen) atoms. The molecule has 1 aromatic rings. The van der Waals surface area contributed by atoms with E-state index in [1.807, 2.05) is 24.9 Å². The van der Waals surface area contributed by atoms with E-state index in [1.54, 1.807) is 19.1 Å². The van der Waals surface area contributed by atoms with Gasteiger partial charge >= 0.3 is 0 Å². The van der Waals surface area contributed by atoms with Crippen molar-refractivity contribution in [2.75, 3.05) is 25.5 Å². The fraction of sp³-hybridized carbons (Fsp3) is 0.538. The van der Waals surface area contributed by atoms with Crippen molar-refractivity contribution in [3.05, 3.63) is 33.9 Å². The number of benzene rings is 1. The maximum absolute atomic E-state index is 11.0. The summed E-state index contributed by atoms with van der Waals surface area (Å²) in [5.74, 6) is 0. The fourth-order valence-electron chi connectivity index (χ4n) is 1.99. The van der Waals surface area contributed by atoms with Crippen molar-refractivity contribution in [1.29, 1.82) is 0 Å². The fourth-order valence-corrected chi connectivity index (χ4v) is 1.99. The molecule has 0 spiro atoms. The van der Waals surface area contributed by atoms with Crippen molar-refractivity contribution in [2.45, 2.75) is 26.5 Å². The van der Waals surface area contributed by atoms with E-state index < -0.39 is 6.10 Å². The van der Waals surface area contributed by atoms with Crippen LogP contribution in [0.3, 0.4) is 0 Å². The first-order valence-corrected chi connectivity index (χ1v) is 6.31. The standard InChI is InChI=1S/C13H21N3O3/c1-4-14-12-6-5-11(7-13(12)16(18)19)9-15(3)8-10(2)17/h5-7,10,14,17H,4,8-9H2,1-3H3. The van der Waals surface area contributed by atoms with E-state index in [1.165, 1.54) is 0 Å². The van der Waals surface area contributed by atoms with E-state index in [0.717, 1.165) is 5.56 Å². The second kappa shape index (κ2) is 7.06. The van der Waals surface area contributed by atoms with Crippen LogP contribution in [0, 0.1) is 10.1 Å². The van der Waals surface area contributed by atoms with Crippen molar-refractivity contribution >= 4 is 11.4 Å². The Morgan fingerprint density at radius 2 is 2.21 bits per heavy atom. The van der Waals surface area contributed by atoms with E-state index in [2.05, 4.69) is 5.32 Å². The Morgan fingerprint density at radius 3 is 2.74 bits per heavy atom. The zero-order chi connectivity index (χ0) is 14.4. The first-order valence-electron chi connectivity index (χ1n) is 6.31. The van der Waals surface area contributed by atoms with Crippen molar-refractivity contribution in [1.82, 2.24) is 4.90 Å². The topological polar surface area (TPSA) is 78.6 Å². The smallest absolute Gasteiger partial charge is 0.292 e. The third-order valence-corrected chi connectivity index (χ3v) is 2.65. The minimum absolute atomic E-state index is 0.0878. The highest BCUT2D eigenvalue weighted by Gasteiger charge is 2.14. The number of nitro benzene ring substituents is 1. The molecule has 0 saturated heterocycles. The Morgan fingerprint density at radius 1 is 1.53 bits per heavy atom. The highest BCUT2D eigenvalue weighted by Crippen LogP contribution is 2.25. The number of aliphatic hydroxyl groups excluding tert-OH is 1. The van der Waals surface area contributed by atoms with Gasteiger partial charge in [-0.25, -0.2) is 0 Å². The van der Waals surface area contributed by atoms with Crippen LogP contribution in [0.15, 0.2) is 18.2 Å². The van der Waals surface area contributed by atoms with Crippen molar-refractivity contribution in [3.63, 3.8) is 0 Å². The molecule has 6 heteroatoms. The second-order valence-electron chi connectivity index (χ2n) is 4.68. The quantitative estimate of drug-likeness (QED) is 0.582. The molecule has 0 aromatic heterocycles. The van der Waals surface area contributed by atoms with Gasteiger partial charge in [0.05, 0.1) is 11.0 Å². The van der Waals surface area contributed by atoms with E-state index in [0.29, 0.717) is 25.3 Å². The highest BCUT2D eigenvalue weighted by molar-refractivity contribution is 5.62. The average molecular weight is 267 g/mol. The highest BCUT2D eigenvalue weighted by atomic mass is 16.6. The second-order valence-corrected chi connectivity index (χ2v) is 4.68. The SMILES string of the molecule is CCNc1ccc(CN(C)CC(C)O)cc1[N+](=O)[O-]. The summed E-state index contributed by atoms with van der Waals surface area (Å²) in [6, 6.07) is 5.17. The minimum Gasteiger partial charge on any atom is -0.392 e. The molecule has 0 aliphatic carbocycles. The summed E-state index contributed by atoms with van der Waals surface area (Å²) in [7, 11) is 1.87. The predicted octanol–water partition coefficient (Wildman–Crippen LogP) is 1.84. The maximum Gasteiger partial charge on any atom is 0.292 e. The van der Waals surface area contributed by atoms with Gasteiger partial charge in [-0.1, -0.05) is 6.07 Å². The Kier molecular flexibility index (Phi) is 5.72. The predicted molar refractivity (Wildman–Crippen MR) is 75.3 cm³/mol. The summed E-state index contributed by atoms with van der Waals surface area (Å²) >= 11 is 0. The van der Waals surface area contributed by atoms with Gasteiger partial charge in [-0.2, -0.15) is 0 Å². The summed E-state index contributed by atoms with van der Waals surface area (Å²) in [5, 5.41) is 23.3. The number of rotatable bonds is 7. The average Bonchev–Trinajstić information content (AvgIpc) is 2.30. The van der Waals surface area contributed by atoms with Crippen LogP contribution in [0.5, 0.6) is 0 Å². The van der Waals surface area contributed by atoms with E-state index >= 15 is 0 Å². The zero-order valence-electron chi connectivity index (χ0n) is 11.6. The number of aliphatic hydroxyl groups is 1. The van der Waals surface area contributed by atoms with Gasteiger partial charge < -0.3 is 10.4 Å². The van der Waals surface area contributed by atoms with Crippen LogP contribution in [0.1, 0.15) is 19.4 Å². The molecule has 0 aliphatic heterocycles. The van der Waals surface area contributed by atoms with Crippen molar-refractivity contribution in [3.8, 4) is 0 Å². The van der Waals surface area contributed by atoms with Gasteiger partial charge in [0.2, 0.25) is 0 Å². The molecule has 0 amide bonds. The summed E-state index contributed by atoms with van der Waals surface area (Å²) in [6.07, 6.45) is -0.416. The van der Waals surface area contributed by atoms with Crippen molar-refractivity contribution in [2.24, 2.45) is 0 Å². The van der Waals surface area contributed by atoms with Gasteiger partial charge in [0, 0.05) is 25.7 Å². The molecular formula is C13H21N3O3. The molecule has 0 aliphatic rings. The number of nitrogens with one attached hydrogen (secondary N) is 1. The van der Waals surface area contributed by atoms with Gasteiger partial charge in [0.25, 0.3) is 5.69 Å². The molecule has 0 radical (unpaired) electrons. The third-order valence-electron chi connectivity index (χ3n) is 2.65. The van der Waals surface area contributed by atoms with Crippen LogP contribution in [0.4, 0.5) is 11.4 Å². The summed E-state index contributed by atoms with van der Waals surface area (Å²) in [6.45, 7) is 5.35. The Balaban J connectivity index is 2.86. The first kappa shape index (κ1) is 15.4. The Labute approximate surface area is 113 Å². The Hall–Kier alpha value is -1.66. The molecule has 1 atom stereocenters. The number of likely N-dealkylation sites (N-methyl/N-ethyl adjacent to an activating group) is 1. The van der Waals surface area contributed by atoms with Crippen LogP contribution >= 0.6 is 0 Å². The largest absolute Gasteiger partial charge is 0.392 e. The van der Waals surface area contributed by atoms with Crippen molar-refractivity contribution < 1.29 is 10.0 Å². The van der Waals surface area contributed by atoms with E-state index in [4.69, 9.17) is 0 Å². The first-order chi connectivity index (χ1) is 8.93. The number of anilines is 1. The summed E-state index contributed by atoms with van der Waals surface area (Å²) < 4.78 is 0. The molecule has 1 unspecified atom stereocenters. The molecular weight excluding hydrogens is 246 g/mol. The van der Waals surface area contributed by atoms with Crippen LogP contribution in [0.2, 0.25) is 0 Å². The van der Waals surface area contributed by atoms with Crippen LogP contribution in [0.25, 0.3) is 0 Å². The van der Waals surface area contributed by atoms with Crippen LogP contribution < -0.4 is 5.32 Å². The molecule has 0 bridgehead atoms. The van der Waals surface area contributed by atoms with E-state index in [-0.39, 0.29) is 10.6 Å². The third kappa shape index (κ3) is 4.84. The lowest BCUT2D eigenvalue weighted by molar-refractivity contribution is -0.384. The molecule has 0 saturated carbocycles. The number of hydrogen-bond donors (Lipinski definition) is 2. The summed E-state index contributed by atoms with van der Waals surface area (Å²) in [5.41, 5.74) is 1.48. The van der Waals surface area contributed by atoms with Gasteiger partial charge in [0.15, 0.2) is 0 Å². The zero-order valence-corrected chi connectivity index (χ0v) is 11.6. The lowest BCUT2D eigenvalue weighted by Gasteiger charge is -2.18. The molecule has 6 nitrogen and oxygen atoms in total. The molecule has 0 fully saturated rings. The lowest BCUT2D eigenvalue weighted by atomic mass is 10.1. The van der Waals surface area contributed by atoms with Gasteiger partial charge in [0.1, 0.15) is 5.69 Å². The molecule has 2 N–H and O–H groups in total. The Bertz CT molecular complexity index is 435. The van der Waals surface area contributed by atoms with Crippen LogP contribution in [-0.2, 0) is 6.54 Å². The summed E-state index contributed by atoms with van der Waals surface area (Å²) in [4.78, 5) is 12.6. The normalized spacial score (nSPS) is 12.5. The molecule has 1 rings (SSSR count). The lowest BCUT2D eigenvalue weighted by Crippen LogP contribution is -2.26. The maximum atomic E-state index is 11.0. The van der Waals surface area contributed by atoms with Gasteiger partial charge in [-0.3, -0.25) is 15.0 Å². The molecule has 0 heterocycles.